The van der Waals surface area contributed by atoms with E-state index >= 15 is 0 Å². The van der Waals surface area contributed by atoms with Crippen LogP contribution in [0.4, 0.5) is 0 Å². The summed E-state index contributed by atoms with van der Waals surface area (Å²) in [7, 11) is 1.48. The highest BCUT2D eigenvalue weighted by Gasteiger charge is 2.27. The maximum atomic E-state index is 11.9. The average Bonchev–Trinajstić information content (AvgIpc) is 2.36. The Labute approximate surface area is 112 Å². The van der Waals surface area contributed by atoms with Crippen molar-refractivity contribution in [1.29, 1.82) is 0 Å². The van der Waals surface area contributed by atoms with E-state index in [0.29, 0.717) is 12.0 Å². The molecule has 1 aliphatic rings. The van der Waals surface area contributed by atoms with Crippen molar-refractivity contribution in [1.82, 2.24) is 5.32 Å². The molecule has 106 valence electrons. The van der Waals surface area contributed by atoms with E-state index in [1.165, 1.54) is 52.1 Å². The van der Waals surface area contributed by atoms with Crippen LogP contribution in [0, 0.1) is 5.92 Å². The Hall–Kier alpha value is -0.570. The zero-order valence-electron chi connectivity index (χ0n) is 12.2. The number of methoxy groups -OCH3 is 1. The van der Waals surface area contributed by atoms with Crippen LogP contribution < -0.4 is 5.32 Å². The van der Waals surface area contributed by atoms with Crippen LogP contribution in [-0.4, -0.2) is 25.2 Å². The van der Waals surface area contributed by atoms with E-state index in [2.05, 4.69) is 19.2 Å². The van der Waals surface area contributed by atoms with Gasteiger partial charge in [0, 0.05) is 6.04 Å². The van der Waals surface area contributed by atoms with Crippen molar-refractivity contribution >= 4 is 5.97 Å². The normalized spacial score (nSPS) is 21.7. The lowest BCUT2D eigenvalue weighted by atomic mass is 9.93. The van der Waals surface area contributed by atoms with Crippen molar-refractivity contribution in [2.45, 2.75) is 77.3 Å². The third-order valence-corrected chi connectivity index (χ3v) is 4.19. The summed E-state index contributed by atoms with van der Waals surface area (Å²) in [6, 6.07) is 0.354. The second-order valence-electron chi connectivity index (χ2n) is 5.60. The van der Waals surface area contributed by atoms with E-state index in [0.717, 1.165) is 6.42 Å². The molecule has 0 saturated heterocycles. The molecule has 0 aromatic carbocycles. The van der Waals surface area contributed by atoms with Crippen LogP contribution in [-0.2, 0) is 9.53 Å². The minimum Gasteiger partial charge on any atom is -0.468 e. The van der Waals surface area contributed by atoms with Gasteiger partial charge in [-0.15, -0.1) is 0 Å². The predicted octanol–water partition coefficient (Wildman–Crippen LogP) is 3.28. The zero-order chi connectivity index (χ0) is 13.4. The first-order valence-electron chi connectivity index (χ1n) is 7.53. The fraction of sp³-hybridized carbons (Fsp3) is 0.933. The van der Waals surface area contributed by atoms with Crippen LogP contribution in [0.15, 0.2) is 0 Å². The summed E-state index contributed by atoms with van der Waals surface area (Å²) in [4.78, 5) is 11.9. The Bertz CT molecular complexity index is 235. The monoisotopic (exact) mass is 255 g/mol. The second-order valence-corrected chi connectivity index (χ2v) is 5.60. The van der Waals surface area contributed by atoms with E-state index in [1.54, 1.807) is 0 Å². The average molecular weight is 255 g/mol. The molecule has 0 spiro atoms. The maximum Gasteiger partial charge on any atom is 0.323 e. The molecule has 0 heterocycles. The fourth-order valence-corrected chi connectivity index (χ4v) is 2.70. The first-order valence-corrected chi connectivity index (χ1v) is 7.53. The number of nitrogens with one attached hydrogen (secondary N) is 1. The molecule has 0 amide bonds. The minimum absolute atomic E-state index is 0.105. The van der Waals surface area contributed by atoms with Gasteiger partial charge in [0.2, 0.25) is 0 Å². The third kappa shape index (κ3) is 4.97. The summed E-state index contributed by atoms with van der Waals surface area (Å²) in [6.07, 6.45) is 10.0. The lowest BCUT2D eigenvalue weighted by Gasteiger charge is -2.28. The summed E-state index contributed by atoms with van der Waals surface area (Å²) >= 11 is 0. The van der Waals surface area contributed by atoms with Crippen molar-refractivity contribution < 1.29 is 9.53 Å². The van der Waals surface area contributed by atoms with Gasteiger partial charge in [-0.05, 0) is 18.8 Å². The van der Waals surface area contributed by atoms with Crippen LogP contribution in [0.25, 0.3) is 0 Å². The summed E-state index contributed by atoms with van der Waals surface area (Å²) in [6.45, 7) is 4.25. The Kier molecular flexibility index (Phi) is 7.33. The smallest absolute Gasteiger partial charge is 0.323 e. The molecule has 0 aliphatic heterocycles. The predicted molar refractivity (Wildman–Crippen MR) is 74.5 cm³/mol. The van der Waals surface area contributed by atoms with Crippen molar-refractivity contribution in [3.05, 3.63) is 0 Å². The number of ether oxygens (including phenoxy) is 1. The molecular weight excluding hydrogens is 226 g/mol. The molecule has 18 heavy (non-hydrogen) atoms. The van der Waals surface area contributed by atoms with E-state index < -0.39 is 0 Å². The molecule has 1 fully saturated rings. The van der Waals surface area contributed by atoms with Gasteiger partial charge in [0.05, 0.1) is 7.11 Å². The lowest BCUT2D eigenvalue weighted by molar-refractivity contribution is -0.144. The first-order chi connectivity index (χ1) is 8.69. The van der Waals surface area contributed by atoms with Gasteiger partial charge in [0.1, 0.15) is 6.04 Å². The number of carbonyl (C=O) groups excluding carboxylic acids is 1. The SMILES string of the molecule is CCC(C)C(NC1CCCCCCC1)C(=O)OC. The molecule has 1 N–H and O–H groups in total. The molecule has 0 radical (unpaired) electrons. The summed E-state index contributed by atoms with van der Waals surface area (Å²) in [5.74, 6) is 0.231. The largest absolute Gasteiger partial charge is 0.468 e. The van der Waals surface area contributed by atoms with Gasteiger partial charge < -0.3 is 10.1 Å². The van der Waals surface area contributed by atoms with Crippen LogP contribution in [0.3, 0.4) is 0 Å². The fourth-order valence-electron chi connectivity index (χ4n) is 2.70. The lowest BCUT2D eigenvalue weighted by Crippen LogP contribution is -2.47. The Morgan fingerprint density at radius 3 is 2.28 bits per heavy atom. The highest BCUT2D eigenvalue weighted by Crippen LogP contribution is 2.19. The minimum atomic E-state index is -0.135. The van der Waals surface area contributed by atoms with Gasteiger partial charge in [-0.25, -0.2) is 0 Å². The van der Waals surface area contributed by atoms with Gasteiger partial charge >= 0.3 is 5.97 Å². The van der Waals surface area contributed by atoms with Crippen LogP contribution >= 0.6 is 0 Å². The molecular formula is C15H29NO2. The maximum absolute atomic E-state index is 11.9. The highest BCUT2D eigenvalue weighted by atomic mass is 16.5. The number of rotatable bonds is 5. The van der Waals surface area contributed by atoms with Crippen LogP contribution in [0.1, 0.15) is 65.2 Å². The molecule has 2 unspecified atom stereocenters. The topological polar surface area (TPSA) is 38.3 Å². The van der Waals surface area contributed by atoms with Gasteiger partial charge in [-0.2, -0.15) is 0 Å². The second kappa shape index (κ2) is 8.52. The van der Waals surface area contributed by atoms with Crippen molar-refractivity contribution in [3.8, 4) is 0 Å². The van der Waals surface area contributed by atoms with Gasteiger partial charge in [-0.3, -0.25) is 4.79 Å². The quantitative estimate of drug-likeness (QED) is 0.766. The van der Waals surface area contributed by atoms with Crippen LogP contribution in [0.5, 0.6) is 0 Å². The molecule has 1 rings (SSSR count). The number of carbonyl (C=O) groups is 1. The molecule has 2 atom stereocenters. The molecule has 1 aliphatic carbocycles. The third-order valence-electron chi connectivity index (χ3n) is 4.19. The molecule has 0 aromatic rings. The van der Waals surface area contributed by atoms with E-state index in [1.807, 2.05) is 0 Å². The Morgan fingerprint density at radius 2 is 1.78 bits per heavy atom. The summed E-state index contributed by atoms with van der Waals surface area (Å²) in [5.41, 5.74) is 0. The molecule has 0 bridgehead atoms. The Morgan fingerprint density at radius 1 is 1.22 bits per heavy atom. The molecule has 1 saturated carbocycles. The van der Waals surface area contributed by atoms with Gasteiger partial charge in [0.25, 0.3) is 0 Å². The van der Waals surface area contributed by atoms with Gasteiger partial charge in [-0.1, -0.05) is 52.4 Å². The van der Waals surface area contributed by atoms with E-state index in [9.17, 15) is 4.79 Å². The highest BCUT2D eigenvalue weighted by molar-refractivity contribution is 5.76. The van der Waals surface area contributed by atoms with E-state index in [-0.39, 0.29) is 12.0 Å². The van der Waals surface area contributed by atoms with E-state index in [4.69, 9.17) is 4.74 Å². The summed E-state index contributed by atoms with van der Waals surface area (Å²) < 4.78 is 4.93. The number of hydrogen-bond donors (Lipinski definition) is 1. The zero-order valence-corrected chi connectivity index (χ0v) is 12.2. The number of hydrogen-bond acceptors (Lipinski definition) is 3. The van der Waals surface area contributed by atoms with Crippen molar-refractivity contribution in [2.75, 3.05) is 7.11 Å². The first kappa shape index (κ1) is 15.5. The van der Waals surface area contributed by atoms with Crippen molar-refractivity contribution in [3.63, 3.8) is 0 Å². The summed E-state index contributed by atoms with van der Waals surface area (Å²) in [5, 5.41) is 3.55. The van der Waals surface area contributed by atoms with Crippen molar-refractivity contribution in [2.24, 2.45) is 5.92 Å². The number of esters is 1. The van der Waals surface area contributed by atoms with Gasteiger partial charge in [0.15, 0.2) is 0 Å². The standard InChI is InChI=1S/C15H29NO2/c1-4-12(2)14(15(17)18-3)16-13-10-8-6-5-7-9-11-13/h12-14,16H,4-11H2,1-3H3. The molecule has 3 heteroatoms. The molecule has 3 nitrogen and oxygen atoms in total. The van der Waals surface area contributed by atoms with Crippen LogP contribution in [0.2, 0.25) is 0 Å². The molecule has 0 aromatic heterocycles. The Balaban J connectivity index is 2.54.